The number of rotatable bonds is 10. The quantitative estimate of drug-likeness (QED) is 0.505. The number of piperazine rings is 1. The topological polar surface area (TPSA) is 86.4 Å². The molecule has 1 heterocycles. The zero-order valence-corrected chi connectivity index (χ0v) is 21.2. The van der Waals surface area contributed by atoms with E-state index in [2.05, 4.69) is 26.5 Å². The van der Waals surface area contributed by atoms with Crippen LogP contribution in [0.15, 0.2) is 42.5 Å². The molecule has 190 valence electrons. The number of nitrogens with one attached hydrogen (secondary N) is 2. The first-order valence-corrected chi connectivity index (χ1v) is 12.1. The summed E-state index contributed by atoms with van der Waals surface area (Å²) in [7, 11) is 5.04. The molecule has 9 nitrogen and oxygen atoms in total. The van der Waals surface area contributed by atoms with E-state index in [1.165, 1.54) is 4.90 Å². The van der Waals surface area contributed by atoms with Gasteiger partial charge in [0.25, 0.3) is 5.91 Å². The van der Waals surface area contributed by atoms with Crippen LogP contribution in [0.5, 0.6) is 5.75 Å². The van der Waals surface area contributed by atoms with Gasteiger partial charge in [-0.2, -0.15) is 0 Å². The Morgan fingerprint density at radius 3 is 2.34 bits per heavy atom. The van der Waals surface area contributed by atoms with Crippen LogP contribution in [-0.2, 0) is 4.74 Å². The van der Waals surface area contributed by atoms with E-state index in [-0.39, 0.29) is 11.9 Å². The van der Waals surface area contributed by atoms with Crippen LogP contribution in [0, 0.1) is 0 Å². The number of benzene rings is 2. The normalized spacial score (nSPS) is 13.4. The molecule has 0 aliphatic carbocycles. The number of nitrogens with zero attached hydrogens (tertiary/aromatic N) is 3. The largest absolute Gasteiger partial charge is 0.495 e. The summed E-state index contributed by atoms with van der Waals surface area (Å²) in [5.74, 6) is 0.693. The molecular formula is C26H37N5O4. The summed E-state index contributed by atoms with van der Waals surface area (Å²) in [5, 5.41) is 5.83. The van der Waals surface area contributed by atoms with Crippen molar-refractivity contribution in [3.63, 3.8) is 0 Å². The molecule has 3 amide bonds. The Kier molecular flexibility index (Phi) is 9.60. The summed E-state index contributed by atoms with van der Waals surface area (Å²) in [4.78, 5) is 31.3. The smallest absolute Gasteiger partial charge is 0.321 e. The fourth-order valence-electron chi connectivity index (χ4n) is 4.00. The van der Waals surface area contributed by atoms with Gasteiger partial charge in [0.2, 0.25) is 0 Å². The zero-order chi connectivity index (χ0) is 25.2. The molecule has 2 N–H and O–H groups in total. The molecule has 35 heavy (non-hydrogen) atoms. The van der Waals surface area contributed by atoms with E-state index in [0.29, 0.717) is 31.0 Å². The Hall–Kier alpha value is -3.46. The summed E-state index contributed by atoms with van der Waals surface area (Å²) >= 11 is 0. The summed E-state index contributed by atoms with van der Waals surface area (Å²) < 4.78 is 10.9. The lowest BCUT2D eigenvalue weighted by Crippen LogP contribution is -2.47. The van der Waals surface area contributed by atoms with E-state index in [9.17, 15) is 9.59 Å². The minimum absolute atomic E-state index is 0.162. The van der Waals surface area contributed by atoms with Crippen LogP contribution in [0.25, 0.3) is 0 Å². The predicted octanol–water partition coefficient (Wildman–Crippen LogP) is 3.27. The molecule has 3 rings (SSSR count). The Morgan fingerprint density at radius 1 is 1.00 bits per heavy atom. The van der Waals surface area contributed by atoms with Gasteiger partial charge >= 0.3 is 6.03 Å². The highest BCUT2D eigenvalue weighted by Crippen LogP contribution is 2.31. The van der Waals surface area contributed by atoms with Crippen molar-refractivity contribution >= 4 is 29.0 Å². The molecule has 1 saturated heterocycles. The second kappa shape index (κ2) is 12.9. The van der Waals surface area contributed by atoms with E-state index in [4.69, 9.17) is 9.47 Å². The molecule has 0 bridgehead atoms. The molecule has 2 aromatic rings. The van der Waals surface area contributed by atoms with Crippen LogP contribution >= 0.6 is 0 Å². The van der Waals surface area contributed by atoms with E-state index >= 15 is 0 Å². The van der Waals surface area contributed by atoms with Crippen molar-refractivity contribution in [2.24, 2.45) is 0 Å². The first-order valence-electron chi connectivity index (χ1n) is 12.1. The molecule has 1 aliphatic heterocycles. The van der Waals surface area contributed by atoms with Crippen LogP contribution < -0.4 is 25.2 Å². The van der Waals surface area contributed by atoms with Crippen molar-refractivity contribution in [1.82, 2.24) is 10.2 Å². The van der Waals surface area contributed by atoms with Gasteiger partial charge in [0.05, 0.1) is 18.4 Å². The highest BCUT2D eigenvalue weighted by Gasteiger charge is 2.24. The molecule has 9 heteroatoms. The Labute approximate surface area is 208 Å². The summed E-state index contributed by atoms with van der Waals surface area (Å²) in [6.07, 6.45) is 0.740. The van der Waals surface area contributed by atoms with E-state index in [1.54, 1.807) is 27.3 Å². The molecule has 0 unspecified atom stereocenters. The first kappa shape index (κ1) is 26.2. The monoisotopic (exact) mass is 483 g/mol. The van der Waals surface area contributed by atoms with Gasteiger partial charge in [-0.15, -0.1) is 0 Å². The van der Waals surface area contributed by atoms with Crippen LogP contribution in [0.1, 0.15) is 23.7 Å². The highest BCUT2D eigenvalue weighted by atomic mass is 16.5. The van der Waals surface area contributed by atoms with E-state index in [1.807, 2.05) is 37.3 Å². The second-order valence-corrected chi connectivity index (χ2v) is 8.51. The van der Waals surface area contributed by atoms with Gasteiger partial charge in [-0.1, -0.05) is 12.1 Å². The highest BCUT2D eigenvalue weighted by molar-refractivity contribution is 6.02. The third-order valence-electron chi connectivity index (χ3n) is 5.90. The van der Waals surface area contributed by atoms with Gasteiger partial charge in [0.1, 0.15) is 5.75 Å². The van der Waals surface area contributed by atoms with Crippen molar-refractivity contribution in [2.75, 3.05) is 82.3 Å². The molecular weight excluding hydrogens is 446 g/mol. The standard InChI is InChI=1S/C26H37N5O4/c1-5-35-18-8-13-27-25(32)21-19-20(28-26(33)29(2)3)11-12-22(21)30-14-16-31(17-15-30)23-9-6-7-10-24(23)34-4/h6-7,9-12,19H,5,8,13-18H2,1-4H3,(H,27,32)(H,28,33). The summed E-state index contributed by atoms with van der Waals surface area (Å²) in [6.45, 7) is 6.85. The zero-order valence-electron chi connectivity index (χ0n) is 21.2. The number of hydrogen-bond acceptors (Lipinski definition) is 6. The van der Waals surface area contributed by atoms with Crippen LogP contribution in [-0.4, -0.2) is 84.0 Å². The minimum atomic E-state index is -0.244. The lowest BCUT2D eigenvalue weighted by Gasteiger charge is -2.38. The Morgan fingerprint density at radius 2 is 1.69 bits per heavy atom. The molecule has 1 aliphatic rings. The number of methoxy groups -OCH3 is 1. The molecule has 0 spiro atoms. The lowest BCUT2D eigenvalue weighted by molar-refractivity contribution is 0.0944. The number of anilines is 3. The summed E-state index contributed by atoms with van der Waals surface area (Å²) in [5.41, 5.74) is 3.06. The number of amides is 3. The first-order chi connectivity index (χ1) is 16.9. The number of ether oxygens (including phenoxy) is 2. The van der Waals surface area contributed by atoms with Crippen LogP contribution in [0.3, 0.4) is 0 Å². The molecule has 2 aromatic carbocycles. The van der Waals surface area contributed by atoms with Gasteiger partial charge < -0.3 is 34.8 Å². The lowest BCUT2D eigenvalue weighted by atomic mass is 10.1. The van der Waals surface area contributed by atoms with Gasteiger partial charge in [0.15, 0.2) is 0 Å². The maximum absolute atomic E-state index is 13.2. The number of hydrogen-bond donors (Lipinski definition) is 2. The van der Waals surface area contributed by atoms with Crippen molar-refractivity contribution in [3.05, 3.63) is 48.0 Å². The maximum atomic E-state index is 13.2. The minimum Gasteiger partial charge on any atom is -0.495 e. The van der Waals surface area contributed by atoms with Crippen molar-refractivity contribution < 1.29 is 19.1 Å². The predicted molar refractivity (Wildman–Crippen MR) is 140 cm³/mol. The number of urea groups is 1. The van der Waals surface area contributed by atoms with Gasteiger partial charge in [0, 0.05) is 71.4 Å². The van der Waals surface area contributed by atoms with Crippen molar-refractivity contribution in [3.8, 4) is 5.75 Å². The Bertz CT molecular complexity index is 989. The number of carbonyl (C=O) groups is 2. The van der Waals surface area contributed by atoms with Gasteiger partial charge in [-0.25, -0.2) is 4.79 Å². The van der Waals surface area contributed by atoms with Gasteiger partial charge in [-0.05, 0) is 43.7 Å². The van der Waals surface area contributed by atoms with E-state index in [0.717, 1.165) is 49.7 Å². The SMILES string of the molecule is CCOCCCNC(=O)c1cc(NC(=O)N(C)C)ccc1N1CCN(c2ccccc2OC)CC1. The van der Waals surface area contributed by atoms with Gasteiger partial charge in [-0.3, -0.25) is 4.79 Å². The fraction of sp³-hybridized carbons (Fsp3) is 0.462. The second-order valence-electron chi connectivity index (χ2n) is 8.51. The van der Waals surface area contributed by atoms with Crippen molar-refractivity contribution in [2.45, 2.75) is 13.3 Å². The van der Waals surface area contributed by atoms with Crippen LogP contribution in [0.2, 0.25) is 0 Å². The third kappa shape index (κ3) is 7.02. The number of para-hydroxylation sites is 2. The van der Waals surface area contributed by atoms with Crippen LogP contribution in [0.4, 0.5) is 21.9 Å². The summed E-state index contributed by atoms with van der Waals surface area (Å²) in [6, 6.07) is 13.3. The fourth-order valence-corrected chi connectivity index (χ4v) is 4.00. The Balaban J connectivity index is 1.75. The molecule has 0 saturated carbocycles. The maximum Gasteiger partial charge on any atom is 0.321 e. The third-order valence-corrected chi connectivity index (χ3v) is 5.90. The molecule has 0 atom stereocenters. The average molecular weight is 484 g/mol. The van der Waals surface area contributed by atoms with Crippen molar-refractivity contribution in [1.29, 1.82) is 0 Å². The number of carbonyl (C=O) groups excluding carboxylic acids is 2. The average Bonchev–Trinajstić information content (AvgIpc) is 2.88. The molecule has 0 radical (unpaired) electrons. The molecule has 0 aromatic heterocycles. The van der Waals surface area contributed by atoms with E-state index < -0.39 is 0 Å². The molecule has 1 fully saturated rings.